The highest BCUT2D eigenvalue weighted by molar-refractivity contribution is 9.10. The van der Waals surface area contributed by atoms with Gasteiger partial charge in [-0.3, -0.25) is 19.1 Å². The summed E-state index contributed by atoms with van der Waals surface area (Å²) in [6, 6.07) is 12.8. The largest absolute Gasteiger partial charge is 0.486 e. The Kier molecular flexibility index (Phi) is 10.0. The number of benzene rings is 1. The number of carbonyl (C=O) groups is 2. The predicted molar refractivity (Wildman–Crippen MR) is 180 cm³/mol. The molecule has 1 aromatic carbocycles. The van der Waals surface area contributed by atoms with Gasteiger partial charge < -0.3 is 35.7 Å². The van der Waals surface area contributed by atoms with E-state index in [1.165, 1.54) is 30.2 Å². The van der Waals surface area contributed by atoms with Gasteiger partial charge in [0.25, 0.3) is 0 Å². The number of anilines is 3. The van der Waals surface area contributed by atoms with Crippen LogP contribution in [0.5, 0.6) is 5.75 Å². The van der Waals surface area contributed by atoms with Gasteiger partial charge in [-0.25, -0.2) is 15.0 Å². The average molecular weight is 718 g/mol. The van der Waals surface area contributed by atoms with Crippen LogP contribution < -0.4 is 21.1 Å². The van der Waals surface area contributed by atoms with Crippen molar-refractivity contribution in [1.29, 1.82) is 0 Å². The van der Waals surface area contributed by atoms with Crippen LogP contribution in [0.4, 0.5) is 23.1 Å². The number of ether oxygens (including phenoxy) is 1. The van der Waals surface area contributed by atoms with Gasteiger partial charge in [0.05, 0.1) is 42.5 Å². The fourth-order valence-corrected chi connectivity index (χ4v) is 5.23. The Labute approximate surface area is 282 Å². The van der Waals surface area contributed by atoms with Crippen molar-refractivity contribution in [3.8, 4) is 5.75 Å². The number of hydrogen-bond acceptors (Lipinski definition) is 11. The minimum atomic E-state index is -0.865. The van der Waals surface area contributed by atoms with E-state index in [1.54, 1.807) is 18.3 Å². The second-order valence-electron chi connectivity index (χ2n) is 11.2. The molecule has 0 saturated carbocycles. The third-order valence-electron chi connectivity index (χ3n) is 7.10. The van der Waals surface area contributed by atoms with Gasteiger partial charge in [-0.05, 0) is 68.3 Å². The number of quaternary nitrogens is 1. The van der Waals surface area contributed by atoms with Crippen molar-refractivity contribution in [2.24, 2.45) is 12.8 Å². The van der Waals surface area contributed by atoms with E-state index >= 15 is 0 Å². The van der Waals surface area contributed by atoms with Gasteiger partial charge in [0.2, 0.25) is 5.91 Å². The SMILES string of the molecule is Cn1c(C(N)=O)nc([N+](=O)[O-])c1C[N+](C)(C)C/C=C/C(=O)Nc1cc2c(Nc3ccc(OCc4ccccn4)c(Br)c3)ncnc2cn1. The molecule has 0 spiro atoms. The van der Waals surface area contributed by atoms with Crippen LogP contribution in [0.2, 0.25) is 0 Å². The topological polar surface area (TPSA) is 206 Å². The number of pyridine rings is 2. The summed E-state index contributed by atoms with van der Waals surface area (Å²) in [7, 11) is 5.14. The maximum atomic E-state index is 12.8. The van der Waals surface area contributed by atoms with Gasteiger partial charge >= 0.3 is 17.5 Å². The summed E-state index contributed by atoms with van der Waals surface area (Å²) < 4.78 is 8.17. The Hall–Kier alpha value is -5.81. The van der Waals surface area contributed by atoms with Crippen molar-refractivity contribution in [3.63, 3.8) is 0 Å². The molecule has 0 aliphatic rings. The minimum absolute atomic E-state index is 0.151. The summed E-state index contributed by atoms with van der Waals surface area (Å²) in [5.74, 6) is -0.492. The van der Waals surface area contributed by atoms with Crippen LogP contribution >= 0.6 is 15.9 Å². The Morgan fingerprint density at radius 3 is 2.67 bits per heavy atom. The fraction of sp³-hybridized carbons (Fsp3) is 0.194. The second-order valence-corrected chi connectivity index (χ2v) is 12.1. The predicted octanol–water partition coefficient (Wildman–Crippen LogP) is 4.02. The van der Waals surface area contributed by atoms with E-state index < -0.39 is 22.6 Å². The molecule has 0 bridgehead atoms. The summed E-state index contributed by atoms with van der Waals surface area (Å²) in [6.45, 7) is 0.807. The fourth-order valence-electron chi connectivity index (χ4n) is 4.74. The van der Waals surface area contributed by atoms with E-state index in [1.807, 2.05) is 50.5 Å². The highest BCUT2D eigenvalue weighted by Crippen LogP contribution is 2.31. The van der Waals surface area contributed by atoms with Gasteiger partial charge in [0, 0.05) is 30.4 Å². The van der Waals surface area contributed by atoms with Crippen LogP contribution in [-0.2, 0) is 25.0 Å². The minimum Gasteiger partial charge on any atom is -0.486 e. The molecule has 0 unspecified atom stereocenters. The Morgan fingerprint density at radius 2 is 1.96 bits per heavy atom. The van der Waals surface area contributed by atoms with Gasteiger partial charge in [-0.15, -0.1) is 0 Å². The molecule has 2 amide bonds. The number of imidazole rings is 1. The van der Waals surface area contributed by atoms with Crippen LogP contribution in [0.3, 0.4) is 0 Å². The van der Waals surface area contributed by atoms with Crippen LogP contribution in [0.1, 0.15) is 22.0 Å². The molecule has 5 rings (SSSR count). The van der Waals surface area contributed by atoms with Crippen LogP contribution in [0.25, 0.3) is 10.9 Å². The molecule has 4 aromatic heterocycles. The number of halogens is 1. The van der Waals surface area contributed by atoms with Crippen molar-refractivity contribution in [2.75, 3.05) is 31.3 Å². The summed E-state index contributed by atoms with van der Waals surface area (Å²) in [4.78, 5) is 56.4. The first-order valence-corrected chi connectivity index (χ1v) is 15.2. The first kappa shape index (κ1) is 33.6. The molecule has 48 heavy (non-hydrogen) atoms. The zero-order chi connectivity index (χ0) is 34.4. The first-order chi connectivity index (χ1) is 22.9. The smallest absolute Gasteiger partial charge is 0.391 e. The van der Waals surface area contributed by atoms with E-state index in [0.717, 1.165) is 15.9 Å². The Balaban J connectivity index is 1.23. The monoisotopic (exact) mass is 716 g/mol. The lowest BCUT2D eigenvalue weighted by Crippen LogP contribution is -2.39. The van der Waals surface area contributed by atoms with Gasteiger partial charge in [-0.2, -0.15) is 0 Å². The third-order valence-corrected chi connectivity index (χ3v) is 7.72. The number of hydrogen-bond donors (Lipinski definition) is 3. The Morgan fingerprint density at radius 1 is 1.15 bits per heavy atom. The number of nitrogens with two attached hydrogens (primary N) is 1. The lowest BCUT2D eigenvalue weighted by molar-refractivity contribution is -0.898. The molecule has 0 aliphatic carbocycles. The number of carbonyl (C=O) groups excluding carboxylic acids is 2. The lowest BCUT2D eigenvalue weighted by atomic mass is 10.2. The van der Waals surface area contributed by atoms with E-state index in [9.17, 15) is 19.7 Å². The van der Waals surface area contributed by atoms with Gasteiger partial charge in [0.1, 0.15) is 36.9 Å². The normalized spacial score (nSPS) is 11.5. The first-order valence-electron chi connectivity index (χ1n) is 14.4. The quantitative estimate of drug-likeness (QED) is 0.0686. The van der Waals surface area contributed by atoms with Crippen LogP contribution in [0.15, 0.2) is 77.8 Å². The van der Waals surface area contributed by atoms with E-state index in [4.69, 9.17) is 10.5 Å². The van der Waals surface area contributed by atoms with Crippen LogP contribution in [0, 0.1) is 10.1 Å². The molecule has 0 aliphatic heterocycles. The van der Waals surface area contributed by atoms with Crippen molar-refractivity contribution in [3.05, 3.63) is 105 Å². The molecule has 4 N–H and O–H groups in total. The second kappa shape index (κ2) is 14.3. The number of aromatic nitrogens is 6. The van der Waals surface area contributed by atoms with Gasteiger partial charge in [-0.1, -0.05) is 6.07 Å². The molecule has 17 heteroatoms. The number of nitrogens with zero attached hydrogens (tertiary/aromatic N) is 8. The number of primary amides is 1. The van der Waals surface area contributed by atoms with E-state index in [2.05, 4.69) is 51.5 Å². The van der Waals surface area contributed by atoms with E-state index in [0.29, 0.717) is 35.6 Å². The van der Waals surface area contributed by atoms with Crippen LogP contribution in [-0.4, -0.2) is 71.3 Å². The number of amides is 2. The summed E-state index contributed by atoms with van der Waals surface area (Å²) in [5.41, 5.74) is 7.67. The number of fused-ring (bicyclic) bond motifs is 1. The molecular weight excluding hydrogens is 686 g/mol. The molecule has 0 atom stereocenters. The maximum Gasteiger partial charge on any atom is 0.391 e. The summed E-state index contributed by atoms with van der Waals surface area (Å²) in [5, 5.41) is 18.2. The number of nitro groups is 1. The molecule has 4 heterocycles. The van der Waals surface area contributed by atoms with Crippen molar-refractivity contribution in [1.82, 2.24) is 29.5 Å². The molecule has 246 valence electrons. The highest BCUT2D eigenvalue weighted by atomic mass is 79.9. The highest BCUT2D eigenvalue weighted by Gasteiger charge is 2.32. The molecule has 0 fully saturated rings. The molecule has 0 radical (unpaired) electrons. The average Bonchev–Trinajstić information content (AvgIpc) is 3.36. The number of likely N-dealkylation sites (N-methyl/N-ethyl adjacent to an activating group) is 1. The maximum absolute atomic E-state index is 12.8. The molecular formula is C31H31BrN11O5+. The lowest BCUT2D eigenvalue weighted by Gasteiger charge is -2.28. The van der Waals surface area contributed by atoms with Gasteiger partial charge in [0.15, 0.2) is 5.69 Å². The zero-order valence-electron chi connectivity index (χ0n) is 26.1. The van der Waals surface area contributed by atoms with Crippen molar-refractivity contribution >= 4 is 61.8 Å². The summed E-state index contributed by atoms with van der Waals surface area (Å²) in [6.07, 6.45) is 7.67. The zero-order valence-corrected chi connectivity index (χ0v) is 27.7. The van der Waals surface area contributed by atoms with Crippen molar-refractivity contribution < 1.29 is 23.7 Å². The third kappa shape index (κ3) is 8.12. The number of rotatable bonds is 13. The summed E-state index contributed by atoms with van der Waals surface area (Å²) >= 11 is 3.56. The molecule has 0 saturated heterocycles. The standard InChI is InChI=1S/C31H30BrN11O5/c1-41-24(30(42(46)47)40-31(41)28(33)45)16-43(2,3)12-6-8-27(44)39-26-14-21-23(15-35-26)36-18-37-29(21)38-19-9-10-25(22(32)13-19)48-17-20-7-4-5-11-34-20/h4-11,13-15,18H,12,16-17H2,1-3H3,(H3-,33,35,36,37,38,39,40,44,45)/p+1/b8-6+. The number of nitrogens with one attached hydrogen (secondary N) is 2. The molecule has 5 aromatic rings. The molecule has 16 nitrogen and oxygen atoms in total. The van der Waals surface area contributed by atoms with E-state index in [-0.39, 0.29) is 28.4 Å². The van der Waals surface area contributed by atoms with Crippen molar-refractivity contribution in [2.45, 2.75) is 13.2 Å². The Bertz CT molecular complexity index is 2030.